The average molecular weight is 286 g/mol. The van der Waals surface area contributed by atoms with E-state index in [1.165, 1.54) is 0 Å². The van der Waals surface area contributed by atoms with Crippen molar-refractivity contribution < 1.29 is 39.4 Å². The number of hydrogen-bond acceptors (Lipinski definition) is 8. The molecule has 0 aromatic heterocycles. The van der Waals surface area contributed by atoms with Gasteiger partial charge in [-0.1, -0.05) is 0 Å². The normalized spacial score (nSPS) is 10.1. The molecule has 1 rings (SSSR count). The summed E-state index contributed by atoms with van der Waals surface area (Å²) in [5.41, 5.74) is -0.715. The van der Waals surface area contributed by atoms with Crippen LogP contribution in [0.25, 0.3) is 0 Å². The Morgan fingerprint density at radius 2 is 1.25 bits per heavy atom. The number of carbonyl (C=O) groups is 2. The number of phenolic OH excluding ortho intramolecular Hbond substituents is 2. The summed E-state index contributed by atoms with van der Waals surface area (Å²) >= 11 is 0. The van der Waals surface area contributed by atoms with Crippen molar-refractivity contribution in [3.05, 3.63) is 23.3 Å². The summed E-state index contributed by atoms with van der Waals surface area (Å²) in [6.45, 7) is 3.43. The number of aromatic hydroxyl groups is 2. The molecule has 8 heteroatoms. The average Bonchev–Trinajstić information content (AvgIpc) is 2.44. The van der Waals surface area contributed by atoms with Gasteiger partial charge >= 0.3 is 11.9 Å². The third kappa shape index (κ3) is 3.84. The highest BCUT2D eigenvalue weighted by Gasteiger charge is 2.22. The molecule has 0 saturated heterocycles. The predicted octanol–water partition coefficient (Wildman–Crippen LogP) is 1.31. The van der Waals surface area contributed by atoms with Crippen LogP contribution in [-0.2, 0) is 19.6 Å². The third-order valence-electron chi connectivity index (χ3n) is 2.06. The van der Waals surface area contributed by atoms with Crippen LogP contribution in [0, 0.1) is 0 Å². The molecule has 1 aromatic carbocycles. The van der Waals surface area contributed by atoms with Gasteiger partial charge in [0.15, 0.2) is 0 Å². The van der Waals surface area contributed by atoms with Crippen LogP contribution in [0.4, 0.5) is 0 Å². The van der Waals surface area contributed by atoms with Crippen LogP contribution in [0.3, 0.4) is 0 Å². The zero-order valence-corrected chi connectivity index (χ0v) is 10.9. The van der Waals surface area contributed by atoms with Crippen molar-refractivity contribution >= 4 is 11.9 Å². The maximum Gasteiger partial charge on any atom is 0.376 e. The van der Waals surface area contributed by atoms with Gasteiger partial charge in [-0.2, -0.15) is 9.78 Å². The van der Waals surface area contributed by atoms with Crippen molar-refractivity contribution in [3.8, 4) is 11.5 Å². The molecule has 0 aliphatic carbocycles. The Hall–Kier alpha value is -2.32. The zero-order chi connectivity index (χ0) is 15.1. The monoisotopic (exact) mass is 286 g/mol. The Labute approximate surface area is 114 Å². The van der Waals surface area contributed by atoms with Gasteiger partial charge in [0.1, 0.15) is 22.6 Å². The van der Waals surface area contributed by atoms with Crippen LogP contribution in [-0.4, -0.2) is 35.4 Å². The highest BCUT2D eigenvalue weighted by Crippen LogP contribution is 2.28. The largest absolute Gasteiger partial charge is 0.507 e. The second-order valence-electron chi connectivity index (χ2n) is 3.44. The first-order chi connectivity index (χ1) is 9.51. The van der Waals surface area contributed by atoms with Gasteiger partial charge < -0.3 is 10.2 Å². The quantitative estimate of drug-likeness (QED) is 0.457. The molecular weight excluding hydrogens is 272 g/mol. The third-order valence-corrected chi connectivity index (χ3v) is 2.06. The van der Waals surface area contributed by atoms with Crippen LogP contribution in [0.15, 0.2) is 12.1 Å². The van der Waals surface area contributed by atoms with E-state index >= 15 is 0 Å². The molecule has 0 heterocycles. The molecule has 8 nitrogen and oxygen atoms in total. The van der Waals surface area contributed by atoms with E-state index in [0.717, 1.165) is 12.1 Å². The smallest absolute Gasteiger partial charge is 0.376 e. The van der Waals surface area contributed by atoms with E-state index in [0.29, 0.717) is 0 Å². The van der Waals surface area contributed by atoms with Crippen LogP contribution in [0.5, 0.6) is 11.5 Å². The Kier molecular flexibility index (Phi) is 5.75. The fraction of sp³-hybridized carbons (Fsp3) is 0.333. The number of rotatable bonds is 6. The first kappa shape index (κ1) is 15.7. The molecule has 0 spiro atoms. The van der Waals surface area contributed by atoms with E-state index in [9.17, 15) is 19.8 Å². The lowest BCUT2D eigenvalue weighted by Gasteiger charge is -2.08. The minimum Gasteiger partial charge on any atom is -0.507 e. The predicted molar refractivity (Wildman–Crippen MR) is 63.9 cm³/mol. The fourth-order valence-corrected chi connectivity index (χ4v) is 1.22. The van der Waals surface area contributed by atoms with Gasteiger partial charge in [-0.15, -0.1) is 0 Å². The standard InChI is InChI=1S/C12H14O8/c1-3-17-19-11(15)7-5-10(14)8(6-9(7)13)12(16)20-18-4-2/h5-6,13-14H,3-4H2,1-2H3. The summed E-state index contributed by atoms with van der Waals surface area (Å²) < 4.78 is 0. The fourth-order valence-electron chi connectivity index (χ4n) is 1.22. The number of hydrogen-bond donors (Lipinski definition) is 2. The van der Waals surface area contributed by atoms with E-state index in [1.807, 2.05) is 0 Å². The first-order valence-corrected chi connectivity index (χ1v) is 5.74. The lowest BCUT2D eigenvalue weighted by molar-refractivity contribution is -0.237. The molecule has 0 atom stereocenters. The minimum atomic E-state index is -1.01. The van der Waals surface area contributed by atoms with Crippen LogP contribution >= 0.6 is 0 Å². The topological polar surface area (TPSA) is 112 Å². The molecule has 20 heavy (non-hydrogen) atoms. The maximum absolute atomic E-state index is 11.5. The molecule has 0 amide bonds. The lowest BCUT2D eigenvalue weighted by Crippen LogP contribution is -2.09. The number of carbonyl (C=O) groups excluding carboxylic acids is 2. The summed E-state index contributed by atoms with van der Waals surface area (Å²) in [6.07, 6.45) is 0. The molecule has 0 aliphatic rings. The van der Waals surface area contributed by atoms with Gasteiger partial charge in [0, 0.05) is 0 Å². The molecule has 0 aliphatic heterocycles. The van der Waals surface area contributed by atoms with Crippen LogP contribution in [0.1, 0.15) is 34.6 Å². The van der Waals surface area contributed by atoms with E-state index in [1.54, 1.807) is 13.8 Å². The SMILES string of the molecule is CCOOC(=O)c1cc(O)c(C(=O)OOCC)cc1O. The summed E-state index contributed by atoms with van der Waals surface area (Å²) in [6, 6.07) is 1.72. The maximum atomic E-state index is 11.5. The second kappa shape index (κ2) is 7.31. The highest BCUT2D eigenvalue weighted by atomic mass is 17.2. The van der Waals surface area contributed by atoms with Crippen molar-refractivity contribution in [2.24, 2.45) is 0 Å². The van der Waals surface area contributed by atoms with Gasteiger partial charge in [0.2, 0.25) is 0 Å². The molecule has 110 valence electrons. The minimum absolute atomic E-state index is 0.122. The molecule has 2 N–H and O–H groups in total. The Bertz CT molecular complexity index is 451. The van der Waals surface area contributed by atoms with E-state index in [4.69, 9.17) is 0 Å². The molecule has 0 radical (unpaired) electrons. The molecular formula is C12H14O8. The lowest BCUT2D eigenvalue weighted by atomic mass is 10.1. The van der Waals surface area contributed by atoms with E-state index in [-0.39, 0.29) is 24.3 Å². The molecule has 0 bridgehead atoms. The summed E-state index contributed by atoms with van der Waals surface area (Å²) in [4.78, 5) is 40.4. The number of phenols is 2. The Morgan fingerprint density at radius 1 is 0.900 bits per heavy atom. The highest BCUT2D eigenvalue weighted by molar-refractivity contribution is 5.97. The van der Waals surface area contributed by atoms with Crippen LogP contribution in [0.2, 0.25) is 0 Å². The van der Waals surface area contributed by atoms with Crippen molar-refractivity contribution in [2.45, 2.75) is 13.8 Å². The van der Waals surface area contributed by atoms with Gasteiger partial charge in [-0.25, -0.2) is 9.59 Å². The van der Waals surface area contributed by atoms with Crippen molar-refractivity contribution in [3.63, 3.8) is 0 Å². The van der Waals surface area contributed by atoms with Gasteiger partial charge in [0.25, 0.3) is 0 Å². The number of benzene rings is 1. The summed E-state index contributed by atoms with van der Waals surface area (Å²) in [5.74, 6) is -3.17. The Balaban J connectivity index is 2.96. The summed E-state index contributed by atoms with van der Waals surface area (Å²) in [7, 11) is 0. The molecule has 1 aromatic rings. The van der Waals surface area contributed by atoms with E-state index in [2.05, 4.69) is 19.6 Å². The van der Waals surface area contributed by atoms with Gasteiger partial charge in [-0.05, 0) is 26.0 Å². The molecule has 0 unspecified atom stereocenters. The van der Waals surface area contributed by atoms with Crippen molar-refractivity contribution in [1.29, 1.82) is 0 Å². The van der Waals surface area contributed by atoms with Crippen molar-refractivity contribution in [2.75, 3.05) is 13.2 Å². The molecule has 0 saturated carbocycles. The van der Waals surface area contributed by atoms with Crippen molar-refractivity contribution in [1.82, 2.24) is 0 Å². The Morgan fingerprint density at radius 3 is 1.55 bits per heavy atom. The first-order valence-electron chi connectivity index (χ1n) is 5.74. The van der Waals surface area contributed by atoms with Gasteiger partial charge in [0.05, 0.1) is 13.2 Å². The second-order valence-corrected chi connectivity index (χ2v) is 3.44. The molecule has 0 fully saturated rings. The zero-order valence-electron chi connectivity index (χ0n) is 10.9. The van der Waals surface area contributed by atoms with Crippen LogP contribution < -0.4 is 0 Å². The van der Waals surface area contributed by atoms with E-state index < -0.39 is 23.4 Å². The van der Waals surface area contributed by atoms with Gasteiger partial charge in [-0.3, -0.25) is 9.78 Å². The summed E-state index contributed by atoms with van der Waals surface area (Å²) in [5, 5.41) is 19.3.